The highest BCUT2D eigenvalue weighted by molar-refractivity contribution is 5.97. The van der Waals surface area contributed by atoms with Gasteiger partial charge in [0.1, 0.15) is 18.1 Å². The summed E-state index contributed by atoms with van der Waals surface area (Å²) < 4.78 is 11.3. The van der Waals surface area contributed by atoms with Crippen molar-refractivity contribution in [2.45, 2.75) is 34.1 Å². The number of carbonyl (C=O) groups excluding carboxylic acids is 2. The van der Waals surface area contributed by atoms with Crippen LogP contribution in [0.15, 0.2) is 36.4 Å². The van der Waals surface area contributed by atoms with E-state index in [0.29, 0.717) is 43.3 Å². The van der Waals surface area contributed by atoms with Crippen molar-refractivity contribution in [3.63, 3.8) is 0 Å². The average Bonchev–Trinajstić information content (AvgIpc) is 2.73. The first-order valence-corrected chi connectivity index (χ1v) is 10.5. The van der Waals surface area contributed by atoms with Crippen LogP contribution < -0.4 is 20.1 Å². The summed E-state index contributed by atoms with van der Waals surface area (Å²) in [6, 6.07) is 11.0. The minimum absolute atomic E-state index is 0.0948. The van der Waals surface area contributed by atoms with Crippen LogP contribution >= 0.6 is 0 Å². The highest BCUT2D eigenvalue weighted by Crippen LogP contribution is 2.31. The summed E-state index contributed by atoms with van der Waals surface area (Å²) in [7, 11) is 0. The fraction of sp³-hybridized carbons (Fsp3) is 0.417. The van der Waals surface area contributed by atoms with Gasteiger partial charge in [-0.15, -0.1) is 0 Å². The molecule has 0 aromatic heterocycles. The van der Waals surface area contributed by atoms with Gasteiger partial charge in [0.2, 0.25) is 5.91 Å². The van der Waals surface area contributed by atoms with Gasteiger partial charge in [0.25, 0.3) is 5.91 Å². The molecule has 0 bridgehead atoms. The fourth-order valence-electron chi connectivity index (χ4n) is 3.37. The van der Waals surface area contributed by atoms with Gasteiger partial charge in [0.05, 0.1) is 12.5 Å². The molecule has 160 valence electrons. The van der Waals surface area contributed by atoms with Crippen LogP contribution in [0.4, 0.5) is 5.69 Å². The second kappa shape index (κ2) is 9.65. The summed E-state index contributed by atoms with van der Waals surface area (Å²) in [5.74, 6) is 1.48. The Labute approximate surface area is 178 Å². The van der Waals surface area contributed by atoms with E-state index >= 15 is 0 Å². The van der Waals surface area contributed by atoms with E-state index < -0.39 is 0 Å². The van der Waals surface area contributed by atoms with Crippen molar-refractivity contribution in [2.24, 2.45) is 11.8 Å². The molecule has 1 unspecified atom stereocenters. The topological polar surface area (TPSA) is 76.7 Å². The Hall–Kier alpha value is -3.02. The van der Waals surface area contributed by atoms with Gasteiger partial charge in [-0.2, -0.15) is 0 Å². The van der Waals surface area contributed by atoms with Crippen LogP contribution in [0.5, 0.6) is 11.5 Å². The zero-order chi connectivity index (χ0) is 21.7. The van der Waals surface area contributed by atoms with Gasteiger partial charge < -0.3 is 20.1 Å². The maximum atomic E-state index is 12.8. The number of hydrogen-bond acceptors (Lipinski definition) is 4. The standard InChI is InChI=1S/C24H30N2O4/c1-5-29-20-7-9-22-18(12-20)11-19(14-30-22)24(28)26-21-8-6-17(10-16(21)4)23(27)25-13-15(2)3/h6-10,12,15,19H,5,11,13-14H2,1-4H3,(H,25,27)(H,26,28). The average molecular weight is 411 g/mol. The number of aryl methyl sites for hydroxylation is 1. The third-order valence-corrected chi connectivity index (χ3v) is 5.04. The molecule has 1 heterocycles. The minimum Gasteiger partial charge on any atom is -0.494 e. The van der Waals surface area contributed by atoms with Gasteiger partial charge in [-0.05, 0) is 73.7 Å². The third kappa shape index (κ3) is 5.32. The van der Waals surface area contributed by atoms with Gasteiger partial charge in [-0.1, -0.05) is 13.8 Å². The van der Waals surface area contributed by atoms with Crippen LogP contribution in [0, 0.1) is 18.8 Å². The van der Waals surface area contributed by atoms with Gasteiger partial charge in [0.15, 0.2) is 0 Å². The Bertz CT molecular complexity index is 923. The molecule has 2 N–H and O–H groups in total. The van der Waals surface area contributed by atoms with E-state index in [-0.39, 0.29) is 17.7 Å². The summed E-state index contributed by atoms with van der Waals surface area (Å²) in [4.78, 5) is 25.1. The lowest BCUT2D eigenvalue weighted by Crippen LogP contribution is -2.33. The molecule has 30 heavy (non-hydrogen) atoms. The normalized spacial score (nSPS) is 15.2. The van der Waals surface area contributed by atoms with Crippen molar-refractivity contribution in [3.8, 4) is 11.5 Å². The SMILES string of the molecule is CCOc1ccc2c(c1)CC(C(=O)Nc1ccc(C(=O)NCC(C)C)cc1C)CO2. The smallest absolute Gasteiger partial charge is 0.251 e. The molecule has 0 spiro atoms. The van der Waals surface area contributed by atoms with Crippen LogP contribution in [0.1, 0.15) is 42.3 Å². The molecule has 0 fully saturated rings. The quantitative estimate of drug-likeness (QED) is 0.724. The molecule has 6 heteroatoms. The third-order valence-electron chi connectivity index (χ3n) is 5.04. The van der Waals surface area contributed by atoms with E-state index in [1.807, 2.05) is 32.0 Å². The summed E-state index contributed by atoms with van der Waals surface area (Å²) in [6.07, 6.45) is 0.594. The number of nitrogens with one attached hydrogen (secondary N) is 2. The predicted molar refractivity (Wildman–Crippen MR) is 117 cm³/mol. The molecule has 3 rings (SSSR count). The second-order valence-corrected chi connectivity index (χ2v) is 8.04. The molecule has 1 aliphatic heterocycles. The van der Waals surface area contributed by atoms with Crippen LogP contribution in [-0.2, 0) is 11.2 Å². The number of benzene rings is 2. The van der Waals surface area contributed by atoms with E-state index in [2.05, 4.69) is 24.5 Å². The molecule has 1 aliphatic rings. The lowest BCUT2D eigenvalue weighted by molar-refractivity contribution is -0.121. The highest BCUT2D eigenvalue weighted by Gasteiger charge is 2.27. The molecule has 2 aromatic rings. The number of rotatable bonds is 7. The van der Waals surface area contributed by atoms with Crippen molar-refractivity contribution >= 4 is 17.5 Å². The maximum Gasteiger partial charge on any atom is 0.251 e. The molecule has 1 atom stereocenters. The summed E-state index contributed by atoms with van der Waals surface area (Å²) >= 11 is 0. The van der Waals surface area contributed by atoms with Crippen molar-refractivity contribution in [2.75, 3.05) is 25.1 Å². The lowest BCUT2D eigenvalue weighted by atomic mass is 9.95. The van der Waals surface area contributed by atoms with E-state index in [9.17, 15) is 9.59 Å². The molecular weight excluding hydrogens is 380 g/mol. The summed E-state index contributed by atoms with van der Waals surface area (Å²) in [5.41, 5.74) is 3.11. The first kappa shape index (κ1) is 21.7. The highest BCUT2D eigenvalue weighted by atomic mass is 16.5. The zero-order valence-electron chi connectivity index (χ0n) is 18.1. The summed E-state index contributed by atoms with van der Waals surface area (Å²) in [5, 5.41) is 5.89. The first-order valence-electron chi connectivity index (χ1n) is 10.5. The fourth-order valence-corrected chi connectivity index (χ4v) is 3.37. The molecule has 0 aliphatic carbocycles. The number of amides is 2. The van der Waals surface area contributed by atoms with E-state index in [1.165, 1.54) is 0 Å². The van der Waals surface area contributed by atoms with E-state index in [0.717, 1.165) is 22.6 Å². The number of ether oxygens (including phenoxy) is 2. The Balaban J connectivity index is 1.64. The molecule has 0 saturated heterocycles. The Morgan fingerprint density at radius 1 is 1.20 bits per heavy atom. The molecule has 6 nitrogen and oxygen atoms in total. The van der Waals surface area contributed by atoms with Crippen molar-refractivity contribution in [1.82, 2.24) is 5.32 Å². The largest absolute Gasteiger partial charge is 0.494 e. The van der Waals surface area contributed by atoms with E-state index in [4.69, 9.17) is 9.47 Å². The molecule has 0 radical (unpaired) electrons. The second-order valence-electron chi connectivity index (χ2n) is 8.04. The molecule has 2 aromatic carbocycles. The molecular formula is C24H30N2O4. The molecule has 0 saturated carbocycles. The van der Waals surface area contributed by atoms with Crippen LogP contribution in [0.25, 0.3) is 0 Å². The van der Waals surface area contributed by atoms with Crippen molar-refractivity contribution < 1.29 is 19.1 Å². The lowest BCUT2D eigenvalue weighted by Gasteiger charge is -2.25. The Morgan fingerprint density at radius 3 is 2.70 bits per heavy atom. The number of hydrogen-bond donors (Lipinski definition) is 2. The van der Waals surface area contributed by atoms with Gasteiger partial charge >= 0.3 is 0 Å². The van der Waals surface area contributed by atoms with Crippen molar-refractivity contribution in [3.05, 3.63) is 53.1 Å². The van der Waals surface area contributed by atoms with Gasteiger partial charge in [-0.3, -0.25) is 9.59 Å². The molecule has 2 amide bonds. The minimum atomic E-state index is -0.289. The van der Waals surface area contributed by atoms with E-state index in [1.54, 1.807) is 18.2 Å². The number of fused-ring (bicyclic) bond motifs is 1. The summed E-state index contributed by atoms with van der Waals surface area (Å²) in [6.45, 7) is 9.48. The number of anilines is 1. The van der Waals surface area contributed by atoms with Gasteiger partial charge in [-0.25, -0.2) is 0 Å². The van der Waals surface area contributed by atoms with Crippen LogP contribution in [0.2, 0.25) is 0 Å². The monoisotopic (exact) mass is 410 g/mol. The van der Waals surface area contributed by atoms with Gasteiger partial charge in [0, 0.05) is 17.8 Å². The zero-order valence-corrected chi connectivity index (χ0v) is 18.1. The maximum absolute atomic E-state index is 12.8. The van der Waals surface area contributed by atoms with Crippen LogP contribution in [-0.4, -0.2) is 31.6 Å². The predicted octanol–water partition coefficient (Wildman–Crippen LogP) is 3.97. The Kier molecular flexibility index (Phi) is 6.98. The van der Waals surface area contributed by atoms with Crippen LogP contribution in [0.3, 0.4) is 0 Å². The first-order chi connectivity index (χ1) is 14.4. The number of carbonyl (C=O) groups is 2. The van der Waals surface area contributed by atoms with Crippen molar-refractivity contribution in [1.29, 1.82) is 0 Å². The Morgan fingerprint density at radius 2 is 2.00 bits per heavy atom.